The molecule has 0 amide bonds. The van der Waals surface area contributed by atoms with E-state index in [4.69, 9.17) is 4.98 Å². The van der Waals surface area contributed by atoms with Crippen LogP contribution in [0.1, 0.15) is 36.6 Å². The van der Waals surface area contributed by atoms with Crippen LogP contribution in [-0.4, -0.2) is 32.8 Å². The summed E-state index contributed by atoms with van der Waals surface area (Å²) in [6, 6.07) is 9.02. The first kappa shape index (κ1) is 14.6. The Morgan fingerprint density at radius 2 is 1.96 bits per heavy atom. The molecule has 2 aromatic heterocycles. The molecule has 0 spiro atoms. The number of aromatic nitrogens is 4. The van der Waals surface area contributed by atoms with E-state index in [9.17, 15) is 0 Å². The average Bonchev–Trinajstić information content (AvgIpc) is 3.18. The molecule has 1 aliphatic rings. The Morgan fingerprint density at radius 3 is 2.65 bits per heavy atom. The summed E-state index contributed by atoms with van der Waals surface area (Å²) < 4.78 is 2.47. The molecule has 1 aliphatic heterocycles. The number of para-hydroxylation sites is 2. The molecule has 23 heavy (non-hydrogen) atoms. The Labute approximate surface area is 140 Å². The highest BCUT2D eigenvalue weighted by atomic mass is 32.1. The quantitative estimate of drug-likeness (QED) is 0.737. The van der Waals surface area contributed by atoms with Crippen molar-refractivity contribution in [3.63, 3.8) is 0 Å². The van der Waals surface area contributed by atoms with Crippen LogP contribution in [0, 0.1) is 6.92 Å². The number of aryl methyl sites for hydroxylation is 2. The van der Waals surface area contributed by atoms with E-state index in [1.807, 2.05) is 6.92 Å². The van der Waals surface area contributed by atoms with E-state index in [2.05, 4.69) is 50.9 Å². The van der Waals surface area contributed by atoms with Gasteiger partial charge < -0.3 is 9.47 Å². The highest BCUT2D eigenvalue weighted by Gasteiger charge is 2.25. The van der Waals surface area contributed by atoms with Crippen LogP contribution >= 0.6 is 11.3 Å². The van der Waals surface area contributed by atoms with Gasteiger partial charge in [-0.05, 0) is 31.9 Å². The van der Waals surface area contributed by atoms with Gasteiger partial charge in [0.1, 0.15) is 10.8 Å². The maximum atomic E-state index is 4.82. The number of benzene rings is 1. The van der Waals surface area contributed by atoms with Crippen LogP contribution in [0.25, 0.3) is 11.0 Å². The van der Waals surface area contributed by atoms with Crippen LogP contribution in [0.2, 0.25) is 0 Å². The molecule has 5 nitrogen and oxygen atoms in total. The largest absolute Gasteiger partial charge is 0.347 e. The van der Waals surface area contributed by atoms with Crippen molar-refractivity contribution in [3.05, 3.63) is 35.1 Å². The van der Waals surface area contributed by atoms with Crippen LogP contribution in [0.4, 0.5) is 5.13 Å². The van der Waals surface area contributed by atoms with Crippen LogP contribution in [0.15, 0.2) is 24.3 Å². The molecule has 0 N–H and O–H groups in total. The van der Waals surface area contributed by atoms with Crippen molar-refractivity contribution in [3.8, 4) is 0 Å². The number of hydrogen-bond donors (Lipinski definition) is 0. The molecule has 120 valence electrons. The molecule has 1 fully saturated rings. The summed E-state index contributed by atoms with van der Waals surface area (Å²) in [4.78, 5) is 7.18. The molecule has 0 bridgehead atoms. The molecule has 4 rings (SSSR count). The lowest BCUT2D eigenvalue weighted by atomic mass is 10.0. The van der Waals surface area contributed by atoms with Gasteiger partial charge in [0, 0.05) is 25.6 Å². The van der Waals surface area contributed by atoms with Gasteiger partial charge in [-0.1, -0.05) is 30.4 Å². The molecule has 0 atom stereocenters. The molecule has 1 aromatic carbocycles. The molecule has 1 saturated heterocycles. The molecule has 0 unspecified atom stereocenters. The minimum Gasteiger partial charge on any atom is -0.347 e. The summed E-state index contributed by atoms with van der Waals surface area (Å²) in [5, 5.41) is 10.5. The lowest BCUT2D eigenvalue weighted by molar-refractivity contribution is 0.394. The Bertz CT molecular complexity index is 813. The van der Waals surface area contributed by atoms with Crippen molar-refractivity contribution >= 4 is 27.5 Å². The number of anilines is 1. The number of rotatable bonds is 3. The second kappa shape index (κ2) is 5.92. The second-order valence-electron chi connectivity index (χ2n) is 6.06. The molecule has 0 aliphatic carbocycles. The van der Waals surface area contributed by atoms with E-state index in [-0.39, 0.29) is 0 Å². The van der Waals surface area contributed by atoms with Crippen LogP contribution in [-0.2, 0) is 6.42 Å². The number of hydrogen-bond acceptors (Lipinski definition) is 5. The Hall–Kier alpha value is -1.95. The molecule has 3 aromatic rings. The first-order valence-electron chi connectivity index (χ1n) is 8.27. The average molecular weight is 327 g/mol. The third kappa shape index (κ3) is 2.61. The van der Waals surface area contributed by atoms with Crippen molar-refractivity contribution in [2.75, 3.05) is 18.0 Å². The lowest BCUT2D eigenvalue weighted by Gasteiger charge is -2.33. The van der Waals surface area contributed by atoms with Gasteiger partial charge in [-0.15, -0.1) is 10.2 Å². The van der Waals surface area contributed by atoms with Gasteiger partial charge in [0.25, 0.3) is 0 Å². The summed E-state index contributed by atoms with van der Waals surface area (Å²) in [6.07, 6.45) is 3.24. The molecule has 0 radical (unpaired) electrons. The predicted molar refractivity (Wildman–Crippen MR) is 94.2 cm³/mol. The Kier molecular flexibility index (Phi) is 3.77. The van der Waals surface area contributed by atoms with Gasteiger partial charge in [-0.3, -0.25) is 0 Å². The van der Waals surface area contributed by atoms with E-state index in [0.29, 0.717) is 6.04 Å². The van der Waals surface area contributed by atoms with Gasteiger partial charge in [0.2, 0.25) is 5.13 Å². The van der Waals surface area contributed by atoms with Gasteiger partial charge in [-0.25, -0.2) is 4.98 Å². The minimum absolute atomic E-state index is 0.530. The monoisotopic (exact) mass is 327 g/mol. The fraction of sp³-hybridized carbons (Fsp3) is 0.471. The van der Waals surface area contributed by atoms with E-state index >= 15 is 0 Å². The van der Waals surface area contributed by atoms with Crippen molar-refractivity contribution in [2.45, 2.75) is 39.2 Å². The lowest BCUT2D eigenvalue weighted by Crippen LogP contribution is -2.35. The predicted octanol–water partition coefficient (Wildman–Crippen LogP) is 3.60. The van der Waals surface area contributed by atoms with Crippen molar-refractivity contribution in [2.24, 2.45) is 0 Å². The maximum Gasteiger partial charge on any atom is 0.208 e. The Morgan fingerprint density at radius 1 is 1.17 bits per heavy atom. The minimum atomic E-state index is 0.530. The van der Waals surface area contributed by atoms with Gasteiger partial charge in [0.05, 0.1) is 11.0 Å². The summed E-state index contributed by atoms with van der Waals surface area (Å²) in [6.45, 7) is 6.28. The topological polar surface area (TPSA) is 46.8 Å². The van der Waals surface area contributed by atoms with Gasteiger partial charge in [0.15, 0.2) is 0 Å². The van der Waals surface area contributed by atoms with Gasteiger partial charge in [-0.2, -0.15) is 0 Å². The molecular formula is C17H21N5S. The van der Waals surface area contributed by atoms with E-state index < -0.39 is 0 Å². The molecule has 3 heterocycles. The summed E-state index contributed by atoms with van der Waals surface area (Å²) in [5.41, 5.74) is 2.39. The maximum absolute atomic E-state index is 4.82. The highest BCUT2D eigenvalue weighted by Crippen LogP contribution is 2.31. The standard InChI is InChI=1S/C17H21N5S/c1-3-16-18-14-6-4-5-7-15(14)22(16)13-8-10-21(11-9-13)17-20-19-12(2)23-17/h4-7,13H,3,8-11H2,1-2H3. The number of piperidine rings is 1. The third-order valence-corrected chi connectivity index (χ3v) is 5.50. The van der Waals surface area contributed by atoms with Crippen molar-refractivity contribution in [1.29, 1.82) is 0 Å². The van der Waals surface area contributed by atoms with Crippen molar-refractivity contribution in [1.82, 2.24) is 19.7 Å². The van der Waals surface area contributed by atoms with Crippen LogP contribution in [0.3, 0.4) is 0 Å². The number of nitrogens with zero attached hydrogens (tertiary/aromatic N) is 5. The summed E-state index contributed by atoms with van der Waals surface area (Å²) in [5.74, 6) is 1.21. The SMILES string of the molecule is CCc1nc2ccccc2n1C1CCN(c2nnc(C)s2)CC1. The number of imidazole rings is 1. The smallest absolute Gasteiger partial charge is 0.208 e. The highest BCUT2D eigenvalue weighted by molar-refractivity contribution is 7.15. The van der Waals surface area contributed by atoms with E-state index in [0.717, 1.165) is 48.0 Å². The second-order valence-corrected chi connectivity index (χ2v) is 7.22. The molecule has 6 heteroatoms. The van der Waals surface area contributed by atoms with E-state index in [1.54, 1.807) is 11.3 Å². The normalized spacial score (nSPS) is 16.3. The fourth-order valence-electron chi connectivity index (χ4n) is 3.48. The Balaban J connectivity index is 1.59. The zero-order valence-corrected chi connectivity index (χ0v) is 14.4. The van der Waals surface area contributed by atoms with Crippen LogP contribution < -0.4 is 4.90 Å². The third-order valence-electron chi connectivity index (χ3n) is 4.60. The first-order valence-corrected chi connectivity index (χ1v) is 9.09. The fourth-order valence-corrected chi connectivity index (χ4v) is 4.22. The zero-order chi connectivity index (χ0) is 15.8. The molecule has 0 saturated carbocycles. The molecular weight excluding hydrogens is 306 g/mol. The summed E-state index contributed by atoms with van der Waals surface area (Å²) in [7, 11) is 0. The summed E-state index contributed by atoms with van der Waals surface area (Å²) >= 11 is 1.69. The number of fused-ring (bicyclic) bond motifs is 1. The van der Waals surface area contributed by atoms with Gasteiger partial charge >= 0.3 is 0 Å². The van der Waals surface area contributed by atoms with E-state index in [1.165, 1.54) is 11.3 Å². The van der Waals surface area contributed by atoms with Crippen LogP contribution in [0.5, 0.6) is 0 Å². The first-order chi connectivity index (χ1) is 11.3. The van der Waals surface area contributed by atoms with Crippen molar-refractivity contribution < 1.29 is 0 Å². The zero-order valence-electron chi connectivity index (χ0n) is 13.6.